The first kappa shape index (κ1) is 15.1. The minimum atomic E-state index is -0.0384. The Hall–Kier alpha value is -1.30. The van der Waals surface area contributed by atoms with E-state index in [1.165, 1.54) is 7.11 Å². The summed E-state index contributed by atoms with van der Waals surface area (Å²) in [5, 5.41) is 19.4. The number of phenolic OH excluding ortho intramolecular Hbond substituents is 1. The lowest BCUT2D eigenvalue weighted by Crippen LogP contribution is -2.48. The van der Waals surface area contributed by atoms with E-state index in [9.17, 15) is 10.2 Å². The second kappa shape index (κ2) is 6.92. The van der Waals surface area contributed by atoms with Crippen LogP contribution in [0.2, 0.25) is 0 Å². The van der Waals surface area contributed by atoms with Crippen molar-refractivity contribution in [3.05, 3.63) is 23.8 Å². The number of methoxy groups -OCH3 is 1. The zero-order chi connectivity index (χ0) is 14.5. The molecule has 1 aliphatic heterocycles. The van der Waals surface area contributed by atoms with E-state index in [0.29, 0.717) is 5.75 Å². The van der Waals surface area contributed by atoms with Crippen LogP contribution in [-0.4, -0.2) is 66.5 Å². The molecule has 1 fully saturated rings. The molecule has 1 aromatic carbocycles. The molecule has 0 radical (unpaired) electrons. The Labute approximate surface area is 120 Å². The fraction of sp³-hybridized carbons (Fsp3) is 0.600. The van der Waals surface area contributed by atoms with Gasteiger partial charge in [0, 0.05) is 26.2 Å². The van der Waals surface area contributed by atoms with E-state index in [-0.39, 0.29) is 18.4 Å². The highest BCUT2D eigenvalue weighted by molar-refractivity contribution is 5.42. The Kier molecular flexibility index (Phi) is 5.23. The summed E-state index contributed by atoms with van der Waals surface area (Å²) in [4.78, 5) is 4.69. The largest absolute Gasteiger partial charge is 0.504 e. The molecular weight excluding hydrogens is 256 g/mol. The molecule has 2 rings (SSSR count). The monoisotopic (exact) mass is 280 g/mol. The molecule has 5 nitrogen and oxygen atoms in total. The molecule has 1 unspecified atom stereocenters. The van der Waals surface area contributed by atoms with Gasteiger partial charge in [0.15, 0.2) is 11.5 Å². The van der Waals surface area contributed by atoms with Crippen molar-refractivity contribution < 1.29 is 14.9 Å². The molecule has 1 heterocycles. The van der Waals surface area contributed by atoms with Crippen LogP contribution in [0, 0.1) is 0 Å². The van der Waals surface area contributed by atoms with Crippen LogP contribution in [0.5, 0.6) is 11.5 Å². The third-order valence-electron chi connectivity index (χ3n) is 4.06. The number of benzene rings is 1. The van der Waals surface area contributed by atoms with Crippen LogP contribution in [0.3, 0.4) is 0 Å². The molecule has 0 aromatic heterocycles. The molecule has 1 atom stereocenters. The van der Waals surface area contributed by atoms with E-state index >= 15 is 0 Å². The Balaban J connectivity index is 2.12. The van der Waals surface area contributed by atoms with Crippen LogP contribution >= 0.6 is 0 Å². The lowest BCUT2D eigenvalue weighted by Gasteiger charge is -2.38. The summed E-state index contributed by atoms with van der Waals surface area (Å²) >= 11 is 0. The lowest BCUT2D eigenvalue weighted by atomic mass is 10.0. The van der Waals surface area contributed by atoms with Gasteiger partial charge < -0.3 is 19.8 Å². The number of hydrogen-bond acceptors (Lipinski definition) is 5. The van der Waals surface area contributed by atoms with Crippen LogP contribution in [0.25, 0.3) is 0 Å². The normalized spacial score (nSPS) is 18.9. The molecule has 1 aromatic rings. The van der Waals surface area contributed by atoms with E-state index in [2.05, 4.69) is 16.7 Å². The fourth-order valence-electron chi connectivity index (χ4n) is 2.72. The maximum atomic E-state index is 9.73. The molecule has 0 amide bonds. The molecule has 5 heteroatoms. The van der Waals surface area contributed by atoms with Gasteiger partial charge in [0.05, 0.1) is 19.8 Å². The maximum absolute atomic E-state index is 9.73. The molecule has 1 aliphatic rings. The SMILES string of the molecule is CCN1CCN(C(CO)c2ccc(O)c(OC)c2)CC1. The molecule has 0 spiro atoms. The second-order valence-corrected chi connectivity index (χ2v) is 5.10. The zero-order valence-corrected chi connectivity index (χ0v) is 12.2. The van der Waals surface area contributed by atoms with Crippen molar-refractivity contribution in [1.29, 1.82) is 0 Å². The van der Waals surface area contributed by atoms with Crippen molar-refractivity contribution in [1.82, 2.24) is 9.80 Å². The van der Waals surface area contributed by atoms with E-state index < -0.39 is 0 Å². The standard InChI is InChI=1S/C15H24N2O3/c1-3-16-6-8-17(9-7-16)13(11-18)12-4-5-14(19)15(10-12)20-2/h4-5,10,13,18-19H,3,6-9,11H2,1-2H3. The number of likely N-dealkylation sites (N-methyl/N-ethyl adjacent to an activating group) is 1. The zero-order valence-electron chi connectivity index (χ0n) is 12.2. The predicted octanol–water partition coefficient (Wildman–Crippen LogP) is 1.07. The van der Waals surface area contributed by atoms with Gasteiger partial charge in [0.1, 0.15) is 0 Å². The molecular formula is C15H24N2O3. The molecule has 0 aliphatic carbocycles. The van der Waals surface area contributed by atoms with Gasteiger partial charge in [0.25, 0.3) is 0 Å². The Bertz CT molecular complexity index is 431. The lowest BCUT2D eigenvalue weighted by molar-refractivity contribution is 0.0671. The number of piperazine rings is 1. The van der Waals surface area contributed by atoms with Crippen molar-refractivity contribution >= 4 is 0 Å². The summed E-state index contributed by atoms with van der Waals surface area (Å²) in [6.07, 6.45) is 0. The van der Waals surface area contributed by atoms with Crippen molar-refractivity contribution in [2.24, 2.45) is 0 Å². The first-order valence-corrected chi connectivity index (χ1v) is 7.13. The molecule has 2 N–H and O–H groups in total. The average Bonchev–Trinajstić information content (AvgIpc) is 2.50. The van der Waals surface area contributed by atoms with Gasteiger partial charge in [-0.3, -0.25) is 4.90 Å². The highest BCUT2D eigenvalue weighted by Crippen LogP contribution is 2.31. The maximum Gasteiger partial charge on any atom is 0.160 e. The Morgan fingerprint density at radius 3 is 2.50 bits per heavy atom. The smallest absolute Gasteiger partial charge is 0.160 e. The number of hydrogen-bond donors (Lipinski definition) is 2. The van der Waals surface area contributed by atoms with Crippen LogP contribution in [0.4, 0.5) is 0 Å². The molecule has 112 valence electrons. The first-order chi connectivity index (χ1) is 9.69. The van der Waals surface area contributed by atoms with Crippen molar-refractivity contribution in [2.45, 2.75) is 13.0 Å². The first-order valence-electron chi connectivity index (χ1n) is 7.13. The summed E-state index contributed by atoms with van der Waals surface area (Å²) in [5.74, 6) is 0.580. The van der Waals surface area contributed by atoms with Gasteiger partial charge in [-0.1, -0.05) is 13.0 Å². The highest BCUT2D eigenvalue weighted by atomic mass is 16.5. The third kappa shape index (κ3) is 3.23. The van der Waals surface area contributed by atoms with Gasteiger partial charge in [-0.15, -0.1) is 0 Å². The predicted molar refractivity (Wildman–Crippen MR) is 78.2 cm³/mol. The van der Waals surface area contributed by atoms with E-state index in [1.54, 1.807) is 6.07 Å². The molecule has 1 saturated heterocycles. The number of aliphatic hydroxyl groups is 1. The van der Waals surface area contributed by atoms with Gasteiger partial charge in [-0.2, -0.15) is 0 Å². The molecule has 0 saturated carbocycles. The fourth-order valence-corrected chi connectivity index (χ4v) is 2.72. The van der Waals surface area contributed by atoms with Crippen LogP contribution in [-0.2, 0) is 0 Å². The van der Waals surface area contributed by atoms with E-state index in [4.69, 9.17) is 4.74 Å². The van der Waals surface area contributed by atoms with E-state index in [1.807, 2.05) is 12.1 Å². The third-order valence-corrected chi connectivity index (χ3v) is 4.06. The number of ether oxygens (including phenoxy) is 1. The molecule has 0 bridgehead atoms. The summed E-state index contributed by atoms with van der Waals surface area (Å²) in [5.41, 5.74) is 0.979. The van der Waals surface area contributed by atoms with Crippen LogP contribution in [0.1, 0.15) is 18.5 Å². The number of aliphatic hydroxyl groups excluding tert-OH is 1. The van der Waals surface area contributed by atoms with E-state index in [0.717, 1.165) is 38.3 Å². The Morgan fingerprint density at radius 2 is 1.95 bits per heavy atom. The summed E-state index contributed by atoms with van der Waals surface area (Å²) in [7, 11) is 1.53. The molecule has 20 heavy (non-hydrogen) atoms. The number of nitrogens with zero attached hydrogens (tertiary/aromatic N) is 2. The van der Waals surface area contributed by atoms with Gasteiger partial charge >= 0.3 is 0 Å². The van der Waals surface area contributed by atoms with Gasteiger partial charge in [0.2, 0.25) is 0 Å². The minimum Gasteiger partial charge on any atom is -0.504 e. The van der Waals surface area contributed by atoms with Crippen molar-refractivity contribution in [3.63, 3.8) is 0 Å². The van der Waals surface area contributed by atoms with Crippen molar-refractivity contribution in [3.8, 4) is 11.5 Å². The van der Waals surface area contributed by atoms with Gasteiger partial charge in [-0.05, 0) is 24.2 Å². The number of phenols is 1. The highest BCUT2D eigenvalue weighted by Gasteiger charge is 2.24. The summed E-state index contributed by atoms with van der Waals surface area (Å²) in [6, 6.07) is 5.25. The average molecular weight is 280 g/mol. The van der Waals surface area contributed by atoms with Crippen LogP contribution in [0.15, 0.2) is 18.2 Å². The summed E-state index contributed by atoms with van der Waals surface area (Å²) in [6.45, 7) is 7.27. The number of rotatable bonds is 5. The topological polar surface area (TPSA) is 56.2 Å². The van der Waals surface area contributed by atoms with Crippen molar-refractivity contribution in [2.75, 3.05) is 46.4 Å². The Morgan fingerprint density at radius 1 is 1.25 bits per heavy atom. The summed E-state index contributed by atoms with van der Waals surface area (Å²) < 4.78 is 5.14. The number of aromatic hydroxyl groups is 1. The van der Waals surface area contributed by atoms with Crippen LogP contribution < -0.4 is 4.74 Å². The quantitative estimate of drug-likeness (QED) is 0.845. The second-order valence-electron chi connectivity index (χ2n) is 5.10. The van der Waals surface area contributed by atoms with Gasteiger partial charge in [-0.25, -0.2) is 0 Å². The minimum absolute atomic E-state index is 0.0384.